The highest BCUT2D eigenvalue weighted by Gasteiger charge is 2.15. The second kappa shape index (κ2) is 6.14. The molecule has 0 aliphatic carbocycles. The summed E-state index contributed by atoms with van der Waals surface area (Å²) in [4.78, 5) is 0. The Kier molecular flexibility index (Phi) is 4.81. The Labute approximate surface area is 95.6 Å². The fourth-order valence-corrected chi connectivity index (χ4v) is 1.55. The molecule has 0 radical (unpaired) electrons. The van der Waals surface area contributed by atoms with Crippen molar-refractivity contribution < 1.29 is 9.13 Å². The summed E-state index contributed by atoms with van der Waals surface area (Å²) >= 11 is 0. The van der Waals surface area contributed by atoms with Crippen molar-refractivity contribution in [1.29, 1.82) is 0 Å². The molecular weight excluding hydrogens is 205 g/mol. The van der Waals surface area contributed by atoms with Crippen LogP contribution >= 0.6 is 0 Å². The topological polar surface area (TPSA) is 35.2 Å². The van der Waals surface area contributed by atoms with Crippen LogP contribution in [0.15, 0.2) is 18.2 Å². The number of hydrogen-bond donors (Lipinski definition) is 1. The molecule has 0 spiro atoms. The van der Waals surface area contributed by atoms with Gasteiger partial charge in [-0.1, -0.05) is 6.07 Å². The molecule has 2 nitrogen and oxygen atoms in total. The molecule has 1 unspecified atom stereocenters. The Morgan fingerprint density at radius 3 is 2.88 bits per heavy atom. The number of benzene rings is 1. The van der Waals surface area contributed by atoms with Crippen molar-refractivity contribution in [2.45, 2.75) is 25.8 Å². The monoisotopic (exact) mass is 221 g/mol. The maximum atomic E-state index is 13.6. The van der Waals surface area contributed by atoms with Gasteiger partial charge in [-0.25, -0.2) is 4.39 Å². The van der Waals surface area contributed by atoms with Crippen molar-refractivity contribution in [2.75, 3.05) is 7.11 Å². The van der Waals surface area contributed by atoms with Crippen molar-refractivity contribution in [3.8, 4) is 17.6 Å². The van der Waals surface area contributed by atoms with Crippen LogP contribution in [0.1, 0.15) is 31.4 Å². The van der Waals surface area contributed by atoms with Crippen LogP contribution in [0.2, 0.25) is 0 Å². The van der Waals surface area contributed by atoms with Gasteiger partial charge in [0.25, 0.3) is 0 Å². The van der Waals surface area contributed by atoms with Crippen molar-refractivity contribution in [2.24, 2.45) is 5.73 Å². The molecule has 0 aliphatic heterocycles. The van der Waals surface area contributed by atoms with E-state index in [0.717, 1.165) is 0 Å². The van der Waals surface area contributed by atoms with Gasteiger partial charge in [-0.2, -0.15) is 0 Å². The highest BCUT2D eigenvalue weighted by atomic mass is 19.1. The van der Waals surface area contributed by atoms with Crippen LogP contribution < -0.4 is 10.5 Å². The van der Waals surface area contributed by atoms with Crippen LogP contribution in [0.3, 0.4) is 0 Å². The molecular formula is C13H16FNO. The second-order valence-corrected chi connectivity index (χ2v) is 3.43. The SMILES string of the molecule is CC#CCCC(N)c1c(F)cccc1OC. The largest absolute Gasteiger partial charge is 0.496 e. The van der Waals surface area contributed by atoms with Crippen LogP contribution in [-0.4, -0.2) is 7.11 Å². The zero-order valence-electron chi connectivity index (χ0n) is 9.59. The van der Waals surface area contributed by atoms with Crippen molar-refractivity contribution in [3.05, 3.63) is 29.6 Å². The van der Waals surface area contributed by atoms with Crippen molar-refractivity contribution in [3.63, 3.8) is 0 Å². The number of nitrogens with two attached hydrogens (primary N) is 1. The minimum Gasteiger partial charge on any atom is -0.496 e. The van der Waals surface area contributed by atoms with Crippen LogP contribution in [0.5, 0.6) is 5.75 Å². The first-order chi connectivity index (χ1) is 7.70. The number of rotatable bonds is 4. The van der Waals surface area contributed by atoms with Crippen LogP contribution in [0.25, 0.3) is 0 Å². The van der Waals surface area contributed by atoms with E-state index >= 15 is 0 Å². The first kappa shape index (κ1) is 12.5. The van der Waals surface area contributed by atoms with Crippen molar-refractivity contribution >= 4 is 0 Å². The molecule has 0 bridgehead atoms. The van der Waals surface area contributed by atoms with E-state index in [2.05, 4.69) is 11.8 Å². The molecule has 16 heavy (non-hydrogen) atoms. The molecule has 1 atom stereocenters. The van der Waals surface area contributed by atoms with Crippen LogP contribution in [-0.2, 0) is 0 Å². The maximum Gasteiger partial charge on any atom is 0.131 e. The van der Waals surface area contributed by atoms with Gasteiger partial charge in [-0.15, -0.1) is 11.8 Å². The van der Waals surface area contributed by atoms with E-state index in [4.69, 9.17) is 10.5 Å². The standard InChI is InChI=1S/C13H16FNO/c1-3-4-5-8-11(15)13-10(14)7-6-9-12(13)16-2/h6-7,9,11H,5,8,15H2,1-2H3. The molecule has 0 saturated carbocycles. The summed E-state index contributed by atoms with van der Waals surface area (Å²) in [7, 11) is 1.51. The lowest BCUT2D eigenvalue weighted by atomic mass is 10.0. The Morgan fingerprint density at radius 1 is 1.50 bits per heavy atom. The number of ether oxygens (including phenoxy) is 1. The molecule has 1 aromatic rings. The first-order valence-electron chi connectivity index (χ1n) is 5.18. The lowest BCUT2D eigenvalue weighted by Gasteiger charge is -2.15. The minimum atomic E-state index is -0.378. The molecule has 0 amide bonds. The summed E-state index contributed by atoms with van der Waals surface area (Å²) in [6.07, 6.45) is 1.29. The fourth-order valence-electron chi connectivity index (χ4n) is 1.55. The molecule has 1 rings (SSSR count). The summed E-state index contributed by atoms with van der Waals surface area (Å²) < 4.78 is 18.7. The van der Waals surface area contributed by atoms with Crippen LogP contribution in [0, 0.1) is 17.7 Å². The molecule has 0 saturated heterocycles. The van der Waals surface area contributed by atoms with Crippen molar-refractivity contribution in [1.82, 2.24) is 0 Å². The summed E-state index contributed by atoms with van der Waals surface area (Å²) in [6, 6.07) is 4.33. The van der Waals surface area contributed by atoms with Gasteiger partial charge in [-0.05, 0) is 25.5 Å². The van der Waals surface area contributed by atoms with E-state index in [-0.39, 0.29) is 11.9 Å². The Hall–Kier alpha value is -1.53. The van der Waals surface area contributed by atoms with E-state index in [1.807, 2.05) is 0 Å². The van der Waals surface area contributed by atoms with E-state index in [1.54, 1.807) is 19.1 Å². The van der Waals surface area contributed by atoms with Crippen LogP contribution in [0.4, 0.5) is 4.39 Å². The van der Waals surface area contributed by atoms with Gasteiger partial charge in [-0.3, -0.25) is 0 Å². The number of methoxy groups -OCH3 is 1. The lowest BCUT2D eigenvalue weighted by Crippen LogP contribution is -2.13. The summed E-state index contributed by atoms with van der Waals surface area (Å²) in [6.45, 7) is 1.77. The molecule has 0 aromatic heterocycles. The van der Waals surface area contributed by atoms with E-state index in [1.165, 1.54) is 13.2 Å². The second-order valence-electron chi connectivity index (χ2n) is 3.43. The van der Waals surface area contributed by atoms with E-state index in [9.17, 15) is 4.39 Å². The van der Waals surface area contributed by atoms with Gasteiger partial charge in [0.1, 0.15) is 11.6 Å². The third-order valence-electron chi connectivity index (χ3n) is 2.36. The summed E-state index contributed by atoms with van der Waals surface area (Å²) in [5, 5.41) is 0. The van der Waals surface area contributed by atoms with Gasteiger partial charge in [0.2, 0.25) is 0 Å². The highest BCUT2D eigenvalue weighted by molar-refractivity contribution is 5.37. The summed E-state index contributed by atoms with van der Waals surface area (Å²) in [5.74, 6) is 5.87. The van der Waals surface area contributed by atoms with Gasteiger partial charge >= 0.3 is 0 Å². The zero-order valence-corrected chi connectivity index (χ0v) is 9.59. The normalized spacial score (nSPS) is 11.5. The minimum absolute atomic E-state index is 0.323. The third kappa shape index (κ3) is 2.98. The average molecular weight is 221 g/mol. The molecule has 0 fully saturated rings. The van der Waals surface area contributed by atoms with Gasteiger partial charge in [0.05, 0.1) is 7.11 Å². The molecule has 86 valence electrons. The summed E-state index contributed by atoms with van der Waals surface area (Å²) in [5.41, 5.74) is 6.36. The Morgan fingerprint density at radius 2 is 2.25 bits per heavy atom. The third-order valence-corrected chi connectivity index (χ3v) is 2.36. The molecule has 0 aliphatic rings. The smallest absolute Gasteiger partial charge is 0.131 e. The predicted molar refractivity (Wildman–Crippen MR) is 62.6 cm³/mol. The molecule has 0 heterocycles. The maximum absolute atomic E-state index is 13.6. The van der Waals surface area contributed by atoms with Gasteiger partial charge in [0, 0.05) is 18.0 Å². The fraction of sp³-hybridized carbons (Fsp3) is 0.385. The van der Waals surface area contributed by atoms with Gasteiger partial charge in [0.15, 0.2) is 0 Å². The Bertz CT molecular complexity index is 406. The van der Waals surface area contributed by atoms with Gasteiger partial charge < -0.3 is 10.5 Å². The zero-order chi connectivity index (χ0) is 12.0. The number of hydrogen-bond acceptors (Lipinski definition) is 2. The number of halogens is 1. The lowest BCUT2D eigenvalue weighted by molar-refractivity contribution is 0.397. The average Bonchev–Trinajstić information content (AvgIpc) is 2.28. The predicted octanol–water partition coefficient (Wildman–Crippen LogP) is 2.64. The first-order valence-corrected chi connectivity index (χ1v) is 5.18. The quantitative estimate of drug-likeness (QED) is 0.793. The highest BCUT2D eigenvalue weighted by Crippen LogP contribution is 2.28. The molecule has 2 N–H and O–H groups in total. The van der Waals surface area contributed by atoms with E-state index < -0.39 is 0 Å². The Balaban J connectivity index is 2.87. The molecule has 3 heteroatoms. The van der Waals surface area contributed by atoms with E-state index in [0.29, 0.717) is 24.2 Å². The molecule has 1 aromatic carbocycles.